The fraction of sp³-hybridized carbons (Fsp3) is 0.0857. The van der Waals surface area contributed by atoms with E-state index < -0.39 is 0 Å². The van der Waals surface area contributed by atoms with Crippen LogP contribution in [0.4, 0.5) is 11.4 Å². The van der Waals surface area contributed by atoms with Crippen molar-refractivity contribution >= 4 is 11.4 Å². The van der Waals surface area contributed by atoms with Crippen LogP contribution in [-0.4, -0.2) is 14.2 Å². The first kappa shape index (κ1) is 24.4. The van der Waals surface area contributed by atoms with Crippen LogP contribution < -0.4 is 9.47 Å². The Morgan fingerprint density at radius 3 is 1.64 bits per heavy atom. The summed E-state index contributed by atoms with van der Waals surface area (Å²) in [6.07, 6.45) is 0. The first-order chi connectivity index (χ1) is 19.3. The van der Waals surface area contributed by atoms with Gasteiger partial charge in [0, 0.05) is 28.7 Å². The van der Waals surface area contributed by atoms with Gasteiger partial charge >= 0.3 is 0 Å². The zero-order valence-electron chi connectivity index (χ0n) is 21.9. The number of hydrogen-bond donors (Lipinski definition) is 0. The van der Waals surface area contributed by atoms with Crippen molar-refractivity contribution in [1.29, 1.82) is 0 Å². The highest BCUT2D eigenvalue weighted by atomic mass is 16.5. The van der Waals surface area contributed by atoms with Gasteiger partial charge in [-0.05, 0) is 40.5 Å². The van der Waals surface area contributed by atoms with E-state index >= 15 is 0 Å². The summed E-state index contributed by atoms with van der Waals surface area (Å²) in [4.78, 5) is 0. The van der Waals surface area contributed by atoms with Gasteiger partial charge in [0.15, 0.2) is 0 Å². The molecule has 1 atom stereocenters. The minimum atomic E-state index is 0.0364. The molecule has 0 aliphatic heterocycles. The fourth-order valence-corrected chi connectivity index (χ4v) is 5.28. The molecule has 6 rings (SSSR count). The largest absolute Gasteiger partial charge is 0.496 e. The molecule has 4 aliphatic carbocycles. The van der Waals surface area contributed by atoms with Gasteiger partial charge in [0.05, 0.1) is 25.6 Å². The molecule has 0 aromatic heterocycles. The molecule has 0 N–H and O–H groups in total. The van der Waals surface area contributed by atoms with Gasteiger partial charge in [-0.2, -0.15) is 5.11 Å². The monoisotopic (exact) mass is 508 g/mol. The molecule has 1 unspecified atom stereocenters. The summed E-state index contributed by atoms with van der Waals surface area (Å²) in [7, 11) is 3.41. The standard InChI is InChI=1S/C35H28N2O2/c1-38-33-22-31(27-14-8-4-10-16-29(27)33)35(24-12-6-3-7-13-24)25-18-20-26(21-19-25)36-37-32-23-34(39-2)30-17-11-5-9-15-28(30)32/h3-23,35H,1-2H3. The highest BCUT2D eigenvalue weighted by Gasteiger charge is 2.25. The number of azo groups is 1. The lowest BCUT2D eigenvalue weighted by Gasteiger charge is -2.19. The van der Waals surface area contributed by atoms with E-state index in [2.05, 4.69) is 83.0 Å². The van der Waals surface area contributed by atoms with E-state index in [-0.39, 0.29) is 5.92 Å². The minimum absolute atomic E-state index is 0.0364. The van der Waals surface area contributed by atoms with E-state index in [0.29, 0.717) is 0 Å². The molecule has 0 bridgehead atoms. The Bertz CT molecular complexity index is 1680. The maximum atomic E-state index is 5.77. The maximum absolute atomic E-state index is 5.77. The van der Waals surface area contributed by atoms with E-state index in [0.717, 1.165) is 39.6 Å². The number of rotatable bonds is 7. The summed E-state index contributed by atoms with van der Waals surface area (Å²) < 4.78 is 11.3. The SMILES string of the molecule is COc1cc(N=Nc2ccc(C(c3ccccc3)c3cc(OC)c4cccccc3-4)cc2)c2cccccc1-2. The number of nitrogens with zero attached hydrogens (tertiary/aromatic N) is 2. The van der Waals surface area contributed by atoms with Crippen LogP contribution in [0, 0.1) is 0 Å². The average molecular weight is 509 g/mol. The second-order valence-electron chi connectivity index (χ2n) is 9.38. The maximum Gasteiger partial charge on any atom is 0.129 e. The van der Waals surface area contributed by atoms with Crippen LogP contribution in [0.1, 0.15) is 22.6 Å². The molecule has 0 heterocycles. The lowest BCUT2D eigenvalue weighted by atomic mass is 9.84. The summed E-state index contributed by atoms with van der Waals surface area (Å²) >= 11 is 0. The molecule has 2 aromatic carbocycles. The quantitative estimate of drug-likeness (QED) is 0.202. The first-order valence-electron chi connectivity index (χ1n) is 12.9. The Morgan fingerprint density at radius 2 is 1.00 bits per heavy atom. The van der Waals surface area contributed by atoms with Gasteiger partial charge in [0.25, 0.3) is 0 Å². The zero-order valence-corrected chi connectivity index (χ0v) is 21.9. The molecule has 39 heavy (non-hydrogen) atoms. The van der Waals surface area contributed by atoms with Crippen molar-refractivity contribution in [2.75, 3.05) is 14.2 Å². The van der Waals surface area contributed by atoms with Crippen LogP contribution in [0.25, 0.3) is 22.3 Å². The van der Waals surface area contributed by atoms with Crippen molar-refractivity contribution < 1.29 is 9.47 Å². The second kappa shape index (κ2) is 10.8. The van der Waals surface area contributed by atoms with Gasteiger partial charge in [-0.3, -0.25) is 0 Å². The van der Waals surface area contributed by atoms with Crippen molar-refractivity contribution in [2.45, 2.75) is 5.92 Å². The van der Waals surface area contributed by atoms with Gasteiger partial charge in [-0.15, -0.1) is 5.11 Å². The average Bonchev–Trinajstić information content (AvgIpc) is 3.23. The lowest BCUT2D eigenvalue weighted by molar-refractivity contribution is 0.417. The normalized spacial score (nSPS) is 12.2. The predicted octanol–water partition coefficient (Wildman–Crippen LogP) is 9.51. The number of methoxy groups -OCH3 is 2. The van der Waals surface area contributed by atoms with Crippen LogP contribution in [0.2, 0.25) is 0 Å². The Hall–Kier alpha value is -4.96. The van der Waals surface area contributed by atoms with Gasteiger partial charge in [-0.25, -0.2) is 0 Å². The summed E-state index contributed by atoms with van der Waals surface area (Å²) in [5.41, 5.74) is 9.48. The highest BCUT2D eigenvalue weighted by molar-refractivity contribution is 5.85. The van der Waals surface area contributed by atoms with Crippen molar-refractivity contribution in [3.63, 3.8) is 0 Å². The molecule has 4 aliphatic rings. The van der Waals surface area contributed by atoms with Gasteiger partial charge < -0.3 is 9.47 Å². The summed E-state index contributed by atoms with van der Waals surface area (Å²) in [6.45, 7) is 0. The number of ether oxygens (including phenoxy) is 2. The van der Waals surface area contributed by atoms with Crippen LogP contribution in [0.3, 0.4) is 0 Å². The third-order valence-corrected chi connectivity index (χ3v) is 7.13. The summed E-state index contributed by atoms with van der Waals surface area (Å²) in [5.74, 6) is 1.71. The van der Waals surface area contributed by atoms with E-state index in [1.54, 1.807) is 14.2 Å². The van der Waals surface area contributed by atoms with Crippen molar-refractivity contribution in [2.24, 2.45) is 10.2 Å². The topological polar surface area (TPSA) is 43.2 Å². The third-order valence-electron chi connectivity index (χ3n) is 7.13. The number of fused-ring (bicyclic) bond motifs is 2. The van der Waals surface area contributed by atoms with E-state index in [1.165, 1.54) is 22.3 Å². The molecule has 2 aromatic rings. The first-order valence-corrected chi connectivity index (χ1v) is 12.9. The molecule has 0 spiro atoms. The number of hydrogen-bond acceptors (Lipinski definition) is 4. The van der Waals surface area contributed by atoms with Crippen molar-refractivity contribution in [3.05, 3.63) is 144 Å². The van der Waals surface area contributed by atoms with Gasteiger partial charge in [0.1, 0.15) is 11.5 Å². The van der Waals surface area contributed by atoms with Crippen LogP contribution in [0.5, 0.6) is 11.5 Å². The van der Waals surface area contributed by atoms with Crippen molar-refractivity contribution in [3.8, 4) is 33.8 Å². The smallest absolute Gasteiger partial charge is 0.129 e. The van der Waals surface area contributed by atoms with E-state index in [1.807, 2.05) is 54.6 Å². The Labute approximate surface area is 228 Å². The van der Waals surface area contributed by atoms with Crippen LogP contribution in [-0.2, 0) is 0 Å². The molecule has 0 radical (unpaired) electrons. The van der Waals surface area contributed by atoms with E-state index in [4.69, 9.17) is 9.47 Å². The third kappa shape index (κ3) is 4.73. The molecular formula is C35H28N2O2. The minimum Gasteiger partial charge on any atom is -0.496 e. The fourth-order valence-electron chi connectivity index (χ4n) is 5.28. The lowest BCUT2D eigenvalue weighted by Crippen LogP contribution is -2.03. The van der Waals surface area contributed by atoms with Crippen LogP contribution in [0.15, 0.2) is 138 Å². The van der Waals surface area contributed by atoms with Crippen LogP contribution >= 0.6 is 0 Å². The number of benzene rings is 2. The molecule has 0 saturated heterocycles. The molecule has 0 fully saturated rings. The van der Waals surface area contributed by atoms with E-state index in [9.17, 15) is 0 Å². The second-order valence-corrected chi connectivity index (χ2v) is 9.38. The Morgan fingerprint density at radius 1 is 0.487 bits per heavy atom. The Balaban J connectivity index is 1.38. The summed E-state index contributed by atoms with van der Waals surface area (Å²) in [6, 6.07) is 43.6. The van der Waals surface area contributed by atoms with Gasteiger partial charge in [-0.1, -0.05) is 103 Å². The summed E-state index contributed by atoms with van der Waals surface area (Å²) in [5, 5.41) is 9.15. The molecule has 0 saturated carbocycles. The molecule has 0 amide bonds. The molecule has 4 heteroatoms. The highest BCUT2D eigenvalue weighted by Crippen LogP contribution is 2.46. The predicted molar refractivity (Wildman–Crippen MR) is 157 cm³/mol. The van der Waals surface area contributed by atoms with Gasteiger partial charge in [0.2, 0.25) is 0 Å². The molecule has 4 nitrogen and oxygen atoms in total. The zero-order chi connectivity index (χ0) is 26.6. The Kier molecular flexibility index (Phi) is 6.75. The van der Waals surface area contributed by atoms with Crippen molar-refractivity contribution in [1.82, 2.24) is 0 Å². The molecule has 190 valence electrons. The molecular weight excluding hydrogens is 480 g/mol.